The van der Waals surface area contributed by atoms with E-state index >= 15 is 0 Å². The maximum atomic E-state index is 13.2. The molecule has 1 aromatic rings. The lowest BCUT2D eigenvalue weighted by molar-refractivity contribution is 0.123. The van der Waals surface area contributed by atoms with E-state index in [1.54, 1.807) is 0 Å². The standard InChI is InChI=1S/C20H33FN4O/c1-4-22-20(23-12-5-13-26-15-16-6-7-16)24-14-19(25(2)3)17-8-10-18(21)11-9-17/h8-11,16,19H,4-7,12-15H2,1-3H3,(H2,22,23,24). The average Bonchev–Trinajstić information content (AvgIpc) is 3.43. The SMILES string of the molecule is CCNC(=NCC(c1ccc(F)cc1)N(C)C)NCCCOCC1CC1. The Balaban J connectivity index is 1.80. The van der Waals surface area contributed by atoms with Crippen LogP contribution in [0.15, 0.2) is 29.3 Å². The molecule has 0 amide bonds. The van der Waals surface area contributed by atoms with Crippen molar-refractivity contribution in [3.63, 3.8) is 0 Å². The average molecular weight is 365 g/mol. The highest BCUT2D eigenvalue weighted by Crippen LogP contribution is 2.28. The van der Waals surface area contributed by atoms with Crippen LogP contribution in [0.3, 0.4) is 0 Å². The lowest BCUT2D eigenvalue weighted by Crippen LogP contribution is -2.38. The van der Waals surface area contributed by atoms with Gasteiger partial charge in [-0.2, -0.15) is 0 Å². The number of aliphatic imine (C=N–C) groups is 1. The fraction of sp³-hybridized carbons (Fsp3) is 0.650. The van der Waals surface area contributed by atoms with E-state index in [1.807, 2.05) is 26.2 Å². The maximum absolute atomic E-state index is 13.2. The second kappa shape index (κ2) is 11.1. The fourth-order valence-electron chi connectivity index (χ4n) is 2.69. The summed E-state index contributed by atoms with van der Waals surface area (Å²) in [6.45, 7) is 6.01. The molecule has 5 nitrogen and oxygen atoms in total. The summed E-state index contributed by atoms with van der Waals surface area (Å²) < 4.78 is 18.8. The Morgan fingerprint density at radius 1 is 1.27 bits per heavy atom. The van der Waals surface area contributed by atoms with E-state index in [0.29, 0.717) is 6.54 Å². The van der Waals surface area contributed by atoms with Crippen LogP contribution in [0.1, 0.15) is 37.8 Å². The normalized spacial score (nSPS) is 16.0. The van der Waals surface area contributed by atoms with Gasteiger partial charge in [0.05, 0.1) is 12.6 Å². The first-order valence-electron chi connectivity index (χ1n) is 9.62. The van der Waals surface area contributed by atoms with E-state index < -0.39 is 0 Å². The first-order chi connectivity index (χ1) is 12.6. The largest absolute Gasteiger partial charge is 0.381 e. The number of hydrogen-bond acceptors (Lipinski definition) is 3. The van der Waals surface area contributed by atoms with Crippen molar-refractivity contribution in [2.24, 2.45) is 10.9 Å². The third-order valence-electron chi connectivity index (χ3n) is 4.45. The third kappa shape index (κ3) is 7.70. The zero-order valence-corrected chi connectivity index (χ0v) is 16.3. The quantitative estimate of drug-likeness (QED) is 0.360. The highest BCUT2D eigenvalue weighted by atomic mass is 19.1. The highest BCUT2D eigenvalue weighted by molar-refractivity contribution is 5.79. The number of nitrogens with one attached hydrogen (secondary N) is 2. The van der Waals surface area contributed by atoms with Gasteiger partial charge in [0.25, 0.3) is 0 Å². The minimum Gasteiger partial charge on any atom is -0.381 e. The number of hydrogen-bond donors (Lipinski definition) is 2. The van der Waals surface area contributed by atoms with Crippen LogP contribution in [0.4, 0.5) is 4.39 Å². The van der Waals surface area contributed by atoms with E-state index in [1.165, 1.54) is 25.0 Å². The van der Waals surface area contributed by atoms with Crippen LogP contribution in [0.5, 0.6) is 0 Å². The van der Waals surface area contributed by atoms with Crippen LogP contribution in [0, 0.1) is 11.7 Å². The van der Waals surface area contributed by atoms with Crippen molar-refractivity contribution in [1.82, 2.24) is 15.5 Å². The van der Waals surface area contributed by atoms with Crippen molar-refractivity contribution in [3.8, 4) is 0 Å². The Kier molecular flexibility index (Phi) is 8.85. The topological polar surface area (TPSA) is 48.9 Å². The lowest BCUT2D eigenvalue weighted by Gasteiger charge is -2.23. The van der Waals surface area contributed by atoms with Gasteiger partial charge >= 0.3 is 0 Å². The first-order valence-corrected chi connectivity index (χ1v) is 9.62. The van der Waals surface area contributed by atoms with E-state index in [0.717, 1.165) is 50.2 Å². The Morgan fingerprint density at radius 2 is 2.00 bits per heavy atom. The highest BCUT2D eigenvalue weighted by Gasteiger charge is 2.20. The van der Waals surface area contributed by atoms with Crippen LogP contribution in [-0.2, 0) is 4.74 Å². The summed E-state index contributed by atoms with van der Waals surface area (Å²) in [7, 11) is 4.03. The molecule has 0 aromatic heterocycles. The van der Waals surface area contributed by atoms with Gasteiger partial charge in [-0.3, -0.25) is 4.99 Å². The number of benzene rings is 1. The monoisotopic (exact) mass is 364 g/mol. The minimum atomic E-state index is -0.214. The molecule has 0 radical (unpaired) electrons. The first kappa shape index (κ1) is 20.6. The summed E-state index contributed by atoms with van der Waals surface area (Å²) in [6.07, 6.45) is 3.62. The Morgan fingerprint density at radius 3 is 2.62 bits per heavy atom. The van der Waals surface area contributed by atoms with Gasteiger partial charge in [0.2, 0.25) is 0 Å². The van der Waals surface area contributed by atoms with Crippen molar-refractivity contribution >= 4 is 5.96 Å². The van der Waals surface area contributed by atoms with Gasteiger partial charge in [-0.15, -0.1) is 0 Å². The number of nitrogens with zero attached hydrogens (tertiary/aromatic N) is 2. The molecule has 2 rings (SSSR count). The predicted octanol–water partition coefficient (Wildman–Crippen LogP) is 2.80. The molecule has 1 atom stereocenters. The van der Waals surface area contributed by atoms with E-state index in [9.17, 15) is 4.39 Å². The fourth-order valence-corrected chi connectivity index (χ4v) is 2.69. The number of ether oxygens (including phenoxy) is 1. The van der Waals surface area contributed by atoms with Crippen LogP contribution >= 0.6 is 0 Å². The van der Waals surface area contributed by atoms with Crippen LogP contribution < -0.4 is 10.6 Å². The zero-order valence-electron chi connectivity index (χ0n) is 16.3. The number of rotatable bonds is 11. The molecule has 1 unspecified atom stereocenters. The van der Waals surface area contributed by atoms with Gasteiger partial charge in [0.1, 0.15) is 5.82 Å². The molecule has 0 heterocycles. The summed E-state index contributed by atoms with van der Waals surface area (Å²) in [5, 5.41) is 6.64. The van der Waals surface area contributed by atoms with Crippen LogP contribution in [0.25, 0.3) is 0 Å². The molecular formula is C20H33FN4O. The molecule has 0 aliphatic heterocycles. The van der Waals surface area contributed by atoms with E-state index in [4.69, 9.17) is 9.73 Å². The molecule has 0 saturated heterocycles. The Bertz CT molecular complexity index is 543. The van der Waals surface area contributed by atoms with Crippen molar-refractivity contribution in [3.05, 3.63) is 35.6 Å². The third-order valence-corrected chi connectivity index (χ3v) is 4.45. The van der Waals surface area contributed by atoms with Crippen molar-refractivity contribution in [2.75, 3.05) is 46.9 Å². The van der Waals surface area contributed by atoms with Crippen LogP contribution in [0.2, 0.25) is 0 Å². The second-order valence-electron chi connectivity index (χ2n) is 7.05. The number of guanidine groups is 1. The molecule has 26 heavy (non-hydrogen) atoms. The zero-order chi connectivity index (χ0) is 18.8. The molecule has 0 bridgehead atoms. The summed E-state index contributed by atoms with van der Waals surface area (Å²) in [6, 6.07) is 6.76. The second-order valence-corrected chi connectivity index (χ2v) is 7.05. The molecule has 0 spiro atoms. The van der Waals surface area contributed by atoms with Gasteiger partial charge < -0.3 is 20.3 Å². The van der Waals surface area contributed by atoms with E-state index in [2.05, 4.69) is 22.5 Å². The molecule has 146 valence electrons. The lowest BCUT2D eigenvalue weighted by atomic mass is 10.1. The van der Waals surface area contributed by atoms with Gasteiger partial charge in [-0.1, -0.05) is 12.1 Å². The molecule has 1 aromatic carbocycles. The molecular weight excluding hydrogens is 331 g/mol. The Hall–Kier alpha value is -1.66. The van der Waals surface area contributed by atoms with Crippen LogP contribution in [-0.4, -0.2) is 57.8 Å². The van der Waals surface area contributed by atoms with Gasteiger partial charge in [-0.05, 0) is 63.9 Å². The summed E-state index contributed by atoms with van der Waals surface area (Å²) in [4.78, 5) is 6.81. The number of likely N-dealkylation sites (N-methyl/N-ethyl adjacent to an activating group) is 1. The van der Waals surface area contributed by atoms with Gasteiger partial charge in [-0.25, -0.2) is 4.39 Å². The van der Waals surface area contributed by atoms with Gasteiger partial charge in [0, 0.05) is 26.3 Å². The van der Waals surface area contributed by atoms with Crippen molar-refractivity contribution in [2.45, 2.75) is 32.2 Å². The van der Waals surface area contributed by atoms with Gasteiger partial charge in [0.15, 0.2) is 5.96 Å². The molecule has 6 heteroatoms. The molecule has 1 aliphatic carbocycles. The smallest absolute Gasteiger partial charge is 0.191 e. The molecule has 1 fully saturated rings. The summed E-state index contributed by atoms with van der Waals surface area (Å²) in [5.41, 5.74) is 1.06. The predicted molar refractivity (Wildman–Crippen MR) is 105 cm³/mol. The van der Waals surface area contributed by atoms with Crippen molar-refractivity contribution < 1.29 is 9.13 Å². The summed E-state index contributed by atoms with van der Waals surface area (Å²) in [5.74, 6) is 1.41. The maximum Gasteiger partial charge on any atom is 0.191 e. The molecule has 1 aliphatic rings. The Labute approximate surface area is 157 Å². The minimum absolute atomic E-state index is 0.105. The summed E-state index contributed by atoms with van der Waals surface area (Å²) >= 11 is 0. The molecule has 1 saturated carbocycles. The number of halogens is 1. The molecule has 2 N–H and O–H groups in total. The van der Waals surface area contributed by atoms with E-state index in [-0.39, 0.29) is 11.9 Å². The van der Waals surface area contributed by atoms with Crippen molar-refractivity contribution in [1.29, 1.82) is 0 Å².